The van der Waals surface area contributed by atoms with Crippen LogP contribution in [0.4, 0.5) is 17.2 Å². The van der Waals surface area contributed by atoms with Crippen LogP contribution < -0.4 is 16.0 Å². The van der Waals surface area contributed by atoms with E-state index < -0.39 is 0 Å². The zero-order chi connectivity index (χ0) is 21.1. The SMILES string of the molecule is CC(=O)N(c1ccc(C)cc1)c1c(C)ncnc1N.CC1CCNC1.CCC. The predicted molar refractivity (Wildman–Crippen MR) is 118 cm³/mol. The summed E-state index contributed by atoms with van der Waals surface area (Å²) in [6.45, 7) is 14.3. The summed E-state index contributed by atoms with van der Waals surface area (Å²) in [5.74, 6) is 1.10. The van der Waals surface area contributed by atoms with Gasteiger partial charge in [0.2, 0.25) is 5.91 Å². The molecule has 0 saturated carbocycles. The Bertz CT molecular complexity index is 704. The Balaban J connectivity index is 0.000000360. The number of carbonyl (C=O) groups is 1. The number of carbonyl (C=O) groups excluding carboxylic acids is 1. The number of nitrogens with one attached hydrogen (secondary N) is 1. The molecular formula is C22H35N5O. The number of nitrogen functional groups attached to an aromatic ring is 1. The predicted octanol–water partition coefficient (Wildman–Crippen LogP) is 4.39. The maximum Gasteiger partial charge on any atom is 0.228 e. The third-order valence-corrected chi connectivity index (χ3v) is 4.17. The van der Waals surface area contributed by atoms with E-state index in [1.807, 2.05) is 31.2 Å². The number of benzene rings is 1. The lowest BCUT2D eigenvalue weighted by atomic mass is 10.2. The van der Waals surface area contributed by atoms with Crippen molar-refractivity contribution in [2.24, 2.45) is 5.92 Å². The number of nitrogens with zero attached hydrogens (tertiary/aromatic N) is 3. The molecule has 0 bridgehead atoms. The van der Waals surface area contributed by atoms with Gasteiger partial charge < -0.3 is 11.1 Å². The van der Waals surface area contributed by atoms with E-state index in [1.165, 1.54) is 44.1 Å². The lowest BCUT2D eigenvalue weighted by molar-refractivity contribution is -0.115. The van der Waals surface area contributed by atoms with Crippen LogP contribution in [0.2, 0.25) is 0 Å². The number of nitrogens with two attached hydrogens (primary N) is 1. The topological polar surface area (TPSA) is 84.1 Å². The number of hydrogen-bond donors (Lipinski definition) is 2. The average Bonchev–Trinajstić information content (AvgIpc) is 3.11. The molecular weight excluding hydrogens is 350 g/mol. The molecule has 154 valence electrons. The summed E-state index contributed by atoms with van der Waals surface area (Å²) in [6, 6.07) is 7.65. The lowest BCUT2D eigenvalue weighted by Crippen LogP contribution is -2.25. The van der Waals surface area contributed by atoms with Gasteiger partial charge in [-0.1, -0.05) is 44.9 Å². The van der Waals surface area contributed by atoms with Crippen molar-refractivity contribution in [2.75, 3.05) is 23.7 Å². The molecule has 2 aromatic rings. The van der Waals surface area contributed by atoms with Gasteiger partial charge in [-0.25, -0.2) is 9.97 Å². The first kappa shape index (κ1) is 23.6. The van der Waals surface area contributed by atoms with Crippen molar-refractivity contribution in [3.63, 3.8) is 0 Å². The van der Waals surface area contributed by atoms with Gasteiger partial charge in [-0.3, -0.25) is 9.69 Å². The van der Waals surface area contributed by atoms with Crippen LogP contribution in [-0.2, 0) is 4.79 Å². The molecule has 28 heavy (non-hydrogen) atoms. The minimum Gasteiger partial charge on any atom is -0.382 e. The van der Waals surface area contributed by atoms with Crippen molar-refractivity contribution >= 4 is 23.1 Å². The minimum atomic E-state index is -0.131. The number of anilines is 3. The molecule has 0 aliphatic carbocycles. The van der Waals surface area contributed by atoms with Gasteiger partial charge in [-0.15, -0.1) is 0 Å². The second kappa shape index (κ2) is 12.1. The third-order valence-electron chi connectivity index (χ3n) is 4.17. The van der Waals surface area contributed by atoms with Crippen molar-refractivity contribution in [1.82, 2.24) is 15.3 Å². The first-order chi connectivity index (χ1) is 13.3. The van der Waals surface area contributed by atoms with E-state index >= 15 is 0 Å². The number of amides is 1. The fourth-order valence-electron chi connectivity index (χ4n) is 2.72. The summed E-state index contributed by atoms with van der Waals surface area (Å²) in [5, 5.41) is 3.27. The smallest absolute Gasteiger partial charge is 0.228 e. The standard InChI is InChI=1S/C14H16N4O.C5H11N.C3H8/c1-9-4-6-12(7-5-9)18(11(3)19)13-10(2)16-8-17-14(13)15;1-5-2-3-6-4-5;1-3-2/h4-8H,1-3H3,(H2,15,16,17);5-6H,2-4H2,1H3;3H2,1-2H3. The van der Waals surface area contributed by atoms with Crippen molar-refractivity contribution in [3.8, 4) is 0 Å². The highest BCUT2D eigenvalue weighted by atomic mass is 16.2. The van der Waals surface area contributed by atoms with E-state index in [0.29, 0.717) is 17.2 Å². The monoisotopic (exact) mass is 385 g/mol. The molecule has 1 aromatic carbocycles. The molecule has 2 heterocycles. The van der Waals surface area contributed by atoms with Crippen molar-refractivity contribution < 1.29 is 4.79 Å². The number of hydrogen-bond acceptors (Lipinski definition) is 5. The number of aryl methyl sites for hydroxylation is 2. The largest absolute Gasteiger partial charge is 0.382 e. The van der Waals surface area contributed by atoms with Crippen LogP contribution in [0.3, 0.4) is 0 Å². The van der Waals surface area contributed by atoms with E-state index in [4.69, 9.17) is 5.73 Å². The van der Waals surface area contributed by atoms with E-state index in [2.05, 4.69) is 36.1 Å². The van der Waals surface area contributed by atoms with Crippen LogP contribution in [0.25, 0.3) is 0 Å². The summed E-state index contributed by atoms with van der Waals surface area (Å²) in [6.07, 6.45) is 4.02. The molecule has 1 aromatic heterocycles. The van der Waals surface area contributed by atoms with Crippen molar-refractivity contribution in [1.29, 1.82) is 0 Å². The Labute approximate surface area is 169 Å². The average molecular weight is 386 g/mol. The Morgan fingerprint density at radius 3 is 2.21 bits per heavy atom. The van der Waals surface area contributed by atoms with E-state index in [0.717, 1.165) is 17.2 Å². The van der Waals surface area contributed by atoms with Gasteiger partial charge in [-0.05, 0) is 51.4 Å². The molecule has 6 heteroatoms. The van der Waals surface area contributed by atoms with Crippen molar-refractivity contribution in [2.45, 2.75) is 54.4 Å². The molecule has 1 atom stereocenters. The molecule has 0 spiro atoms. The van der Waals surface area contributed by atoms with E-state index in [9.17, 15) is 4.79 Å². The summed E-state index contributed by atoms with van der Waals surface area (Å²) in [7, 11) is 0. The van der Waals surface area contributed by atoms with Gasteiger partial charge in [0.1, 0.15) is 12.0 Å². The van der Waals surface area contributed by atoms with Crippen molar-refractivity contribution in [3.05, 3.63) is 41.9 Å². The Hall–Kier alpha value is -2.47. The first-order valence-corrected chi connectivity index (χ1v) is 9.96. The van der Waals surface area contributed by atoms with E-state index in [1.54, 1.807) is 6.92 Å². The summed E-state index contributed by atoms with van der Waals surface area (Å²) in [5.41, 5.74) is 8.97. The maximum absolute atomic E-state index is 11.9. The molecule has 3 N–H and O–H groups in total. The van der Waals surface area contributed by atoms with Gasteiger partial charge in [-0.2, -0.15) is 0 Å². The zero-order valence-corrected chi connectivity index (χ0v) is 18.1. The van der Waals surface area contributed by atoms with Gasteiger partial charge in [0.15, 0.2) is 5.82 Å². The molecule has 1 amide bonds. The quantitative estimate of drug-likeness (QED) is 0.801. The van der Waals surface area contributed by atoms with Gasteiger partial charge in [0, 0.05) is 12.6 Å². The molecule has 1 aliphatic heterocycles. The molecule has 1 unspecified atom stereocenters. The maximum atomic E-state index is 11.9. The minimum absolute atomic E-state index is 0.131. The highest BCUT2D eigenvalue weighted by Gasteiger charge is 2.20. The van der Waals surface area contributed by atoms with Crippen LogP contribution in [-0.4, -0.2) is 29.0 Å². The van der Waals surface area contributed by atoms with Crippen LogP contribution in [0, 0.1) is 19.8 Å². The molecule has 0 radical (unpaired) electrons. The summed E-state index contributed by atoms with van der Waals surface area (Å²) >= 11 is 0. The fourth-order valence-corrected chi connectivity index (χ4v) is 2.72. The molecule has 1 saturated heterocycles. The summed E-state index contributed by atoms with van der Waals surface area (Å²) < 4.78 is 0. The Morgan fingerprint density at radius 2 is 1.82 bits per heavy atom. The van der Waals surface area contributed by atoms with Gasteiger partial charge in [0.25, 0.3) is 0 Å². The second-order valence-electron chi connectivity index (χ2n) is 7.19. The lowest BCUT2D eigenvalue weighted by Gasteiger charge is -2.23. The molecule has 1 fully saturated rings. The van der Waals surface area contributed by atoms with Gasteiger partial charge in [0.05, 0.1) is 5.69 Å². The Morgan fingerprint density at radius 1 is 1.21 bits per heavy atom. The first-order valence-electron chi connectivity index (χ1n) is 9.96. The molecule has 6 nitrogen and oxygen atoms in total. The van der Waals surface area contributed by atoms with Crippen LogP contribution in [0.5, 0.6) is 0 Å². The highest BCUT2D eigenvalue weighted by Crippen LogP contribution is 2.31. The highest BCUT2D eigenvalue weighted by molar-refractivity contribution is 6.01. The second-order valence-corrected chi connectivity index (χ2v) is 7.19. The third kappa shape index (κ3) is 7.27. The number of rotatable bonds is 2. The van der Waals surface area contributed by atoms with E-state index in [-0.39, 0.29) is 5.91 Å². The summed E-state index contributed by atoms with van der Waals surface area (Å²) in [4.78, 5) is 21.5. The molecule has 1 aliphatic rings. The number of aromatic nitrogens is 2. The normalized spacial score (nSPS) is 15.0. The fraction of sp³-hybridized carbons (Fsp3) is 0.500. The van der Waals surface area contributed by atoms with Gasteiger partial charge >= 0.3 is 0 Å². The van der Waals surface area contributed by atoms with Crippen LogP contribution in [0.1, 0.15) is 51.8 Å². The molecule has 3 rings (SSSR count). The van der Waals surface area contributed by atoms with Crippen LogP contribution in [0.15, 0.2) is 30.6 Å². The van der Waals surface area contributed by atoms with Crippen LogP contribution >= 0.6 is 0 Å². The Kier molecular flexibility index (Phi) is 10.2. The zero-order valence-electron chi connectivity index (χ0n) is 18.1.